The number of hydrogen-bond acceptors (Lipinski definition) is 5. The number of nitrogens with zero attached hydrogens (tertiary/aromatic N) is 2. The van der Waals surface area contributed by atoms with Crippen molar-refractivity contribution in [2.75, 3.05) is 13.4 Å². The number of hydrogen-bond donors (Lipinski definition) is 0. The highest BCUT2D eigenvalue weighted by Gasteiger charge is 2.09. The highest BCUT2D eigenvalue weighted by atomic mass is 32.7. The van der Waals surface area contributed by atoms with Crippen LogP contribution in [0.15, 0.2) is 0 Å². The van der Waals surface area contributed by atoms with Gasteiger partial charge < -0.3 is 0 Å². The van der Waals surface area contributed by atoms with Crippen LogP contribution < -0.4 is 0 Å². The van der Waals surface area contributed by atoms with E-state index in [-0.39, 0.29) is 0 Å². The largest absolute Gasteiger partial charge is 0.584 e. The Kier molecular flexibility index (Phi) is 13.4. The molecule has 0 saturated carbocycles. The van der Waals surface area contributed by atoms with Crippen molar-refractivity contribution in [3.63, 3.8) is 0 Å². The molecule has 46 valence electrons. The van der Waals surface area contributed by atoms with Gasteiger partial charge in [0, 0.05) is 17.0 Å². The SMILES string of the molecule is CO[P+](=O)SC.N#N. The molecule has 0 saturated heterocycles. The Balaban J connectivity index is 0. The zero-order chi connectivity index (χ0) is 6.99. The van der Waals surface area contributed by atoms with Gasteiger partial charge in [-0.3, -0.25) is 0 Å². The Morgan fingerprint density at radius 2 is 2.00 bits per heavy atom. The fourth-order valence-electron chi connectivity index (χ4n) is 0.0745. The first-order chi connectivity index (χ1) is 3.81. The summed E-state index contributed by atoms with van der Waals surface area (Å²) in [4.78, 5) is 0. The molecule has 0 amide bonds. The molecule has 0 N–H and O–H groups in total. The lowest BCUT2D eigenvalue weighted by Crippen LogP contribution is -1.54. The van der Waals surface area contributed by atoms with Crippen molar-refractivity contribution in [2.24, 2.45) is 0 Å². The van der Waals surface area contributed by atoms with Gasteiger partial charge >= 0.3 is 7.23 Å². The molecule has 8 heavy (non-hydrogen) atoms. The lowest BCUT2D eigenvalue weighted by molar-refractivity contribution is 0.429. The Hall–Kier alpha value is -0.170. The summed E-state index contributed by atoms with van der Waals surface area (Å²) in [6.07, 6.45) is 1.74. The highest BCUT2D eigenvalue weighted by Crippen LogP contribution is 2.34. The van der Waals surface area contributed by atoms with Gasteiger partial charge in [0.15, 0.2) is 11.4 Å². The van der Waals surface area contributed by atoms with Crippen LogP contribution in [0.5, 0.6) is 0 Å². The summed E-state index contributed by atoms with van der Waals surface area (Å²) in [7, 11) is 0.0163. The van der Waals surface area contributed by atoms with Gasteiger partial charge in [0.2, 0.25) is 0 Å². The van der Waals surface area contributed by atoms with Gasteiger partial charge in [-0.05, 0) is 4.57 Å². The molecule has 0 rings (SSSR count). The van der Waals surface area contributed by atoms with E-state index in [2.05, 4.69) is 4.52 Å². The molecule has 4 nitrogen and oxygen atoms in total. The van der Waals surface area contributed by atoms with Crippen LogP contribution in [-0.4, -0.2) is 13.4 Å². The van der Waals surface area contributed by atoms with E-state index in [0.717, 1.165) is 0 Å². The van der Waals surface area contributed by atoms with Crippen LogP contribution in [0.25, 0.3) is 0 Å². The fourth-order valence-corrected chi connectivity index (χ4v) is 0.671. The van der Waals surface area contributed by atoms with Gasteiger partial charge in [0.05, 0.1) is 7.11 Å². The second kappa shape index (κ2) is 9.95. The van der Waals surface area contributed by atoms with Crippen LogP contribution in [0.1, 0.15) is 0 Å². The highest BCUT2D eigenvalue weighted by molar-refractivity contribution is 8.49. The van der Waals surface area contributed by atoms with Gasteiger partial charge in [-0.25, -0.2) is 0 Å². The monoisotopic (exact) mass is 153 g/mol. The van der Waals surface area contributed by atoms with Crippen LogP contribution in [0.3, 0.4) is 0 Å². The summed E-state index contributed by atoms with van der Waals surface area (Å²) in [6.45, 7) is 0. The second-order valence-electron chi connectivity index (χ2n) is 0.589. The van der Waals surface area contributed by atoms with Gasteiger partial charge in [-0.2, -0.15) is 0 Å². The fraction of sp³-hybridized carbons (Fsp3) is 1.00. The van der Waals surface area contributed by atoms with Crippen molar-refractivity contribution in [3.05, 3.63) is 0 Å². The van der Waals surface area contributed by atoms with Gasteiger partial charge in [-0.1, -0.05) is 0 Å². The molecule has 0 aromatic rings. The zero-order valence-electron chi connectivity index (χ0n) is 4.57. The third-order valence-corrected chi connectivity index (χ3v) is 2.24. The molecule has 0 radical (unpaired) electrons. The van der Waals surface area contributed by atoms with E-state index in [4.69, 9.17) is 10.8 Å². The lowest BCUT2D eigenvalue weighted by Gasteiger charge is -1.64. The molecule has 0 aliphatic rings. The Labute approximate surface area is 52.6 Å². The van der Waals surface area contributed by atoms with Gasteiger partial charge in [0.1, 0.15) is 0 Å². The first kappa shape index (κ1) is 10.7. The smallest absolute Gasteiger partial charge is 0.140 e. The molecule has 0 aliphatic heterocycles. The van der Waals surface area contributed by atoms with Crippen molar-refractivity contribution in [3.8, 4) is 0 Å². The first-order valence-corrected chi connectivity index (χ1v) is 4.57. The number of rotatable bonds is 2. The van der Waals surface area contributed by atoms with E-state index in [1.807, 2.05) is 0 Å². The summed E-state index contributed by atoms with van der Waals surface area (Å²) in [5, 5.41) is 12.0. The minimum absolute atomic E-state index is 1.21. The van der Waals surface area contributed by atoms with Crippen LogP contribution >= 0.6 is 18.6 Å². The van der Waals surface area contributed by atoms with E-state index in [0.29, 0.717) is 0 Å². The maximum atomic E-state index is 10.1. The van der Waals surface area contributed by atoms with Crippen molar-refractivity contribution >= 4 is 18.6 Å². The van der Waals surface area contributed by atoms with E-state index in [1.54, 1.807) is 6.26 Å². The van der Waals surface area contributed by atoms with E-state index in [1.165, 1.54) is 18.5 Å². The topological polar surface area (TPSA) is 73.9 Å². The third-order valence-electron chi connectivity index (χ3n) is 0.298. The summed E-state index contributed by atoms with van der Waals surface area (Å²) >= 11 is 1.21. The molecule has 0 bridgehead atoms. The lowest BCUT2D eigenvalue weighted by atomic mass is 11.8. The van der Waals surface area contributed by atoms with E-state index < -0.39 is 7.23 Å². The Bertz CT molecular complexity index is 79.4. The van der Waals surface area contributed by atoms with Crippen LogP contribution in [-0.2, 0) is 9.09 Å². The molecule has 1 atom stereocenters. The summed E-state index contributed by atoms with van der Waals surface area (Å²) in [6, 6.07) is 0. The van der Waals surface area contributed by atoms with Crippen molar-refractivity contribution < 1.29 is 9.09 Å². The predicted octanol–water partition coefficient (Wildman–Crippen LogP) is 1.68. The molecule has 0 aliphatic carbocycles. The molecule has 0 heterocycles. The second-order valence-corrected chi connectivity index (χ2v) is 3.76. The molecular formula is C2H6N2O2PS+. The van der Waals surface area contributed by atoms with Crippen LogP contribution in [0.2, 0.25) is 0 Å². The van der Waals surface area contributed by atoms with Crippen molar-refractivity contribution in [1.29, 1.82) is 10.8 Å². The Morgan fingerprint density at radius 3 is 2.00 bits per heavy atom. The third kappa shape index (κ3) is 9.27. The molecule has 1 unspecified atom stereocenters. The zero-order valence-corrected chi connectivity index (χ0v) is 6.28. The molecule has 6 heteroatoms. The first-order valence-electron chi connectivity index (χ1n) is 1.56. The van der Waals surface area contributed by atoms with E-state index >= 15 is 0 Å². The maximum Gasteiger partial charge on any atom is 0.584 e. The van der Waals surface area contributed by atoms with E-state index in [9.17, 15) is 4.57 Å². The molecular weight excluding hydrogens is 147 g/mol. The maximum absolute atomic E-state index is 10.1. The molecule has 0 aromatic heterocycles. The van der Waals surface area contributed by atoms with Crippen LogP contribution in [0.4, 0.5) is 0 Å². The molecule has 0 fully saturated rings. The summed E-state index contributed by atoms with van der Waals surface area (Å²) in [5.41, 5.74) is 0. The average molecular weight is 153 g/mol. The normalized spacial score (nSPS) is 8.75. The molecule has 0 aromatic carbocycles. The van der Waals surface area contributed by atoms with Crippen molar-refractivity contribution in [2.45, 2.75) is 0 Å². The Morgan fingerprint density at radius 1 is 1.62 bits per heavy atom. The minimum Gasteiger partial charge on any atom is -0.140 e. The van der Waals surface area contributed by atoms with Gasteiger partial charge in [0.25, 0.3) is 0 Å². The standard InChI is InChI=1S/C2H6O2PS.N2/c1-4-5(3)6-2;1-2/h1-2H3;/q+1;. The van der Waals surface area contributed by atoms with Crippen molar-refractivity contribution in [1.82, 2.24) is 0 Å². The summed E-state index contributed by atoms with van der Waals surface area (Å²) in [5.74, 6) is 0. The average Bonchev–Trinajstić information content (AvgIpc) is 1.91. The van der Waals surface area contributed by atoms with Gasteiger partial charge in [-0.15, -0.1) is 4.52 Å². The predicted molar refractivity (Wildman–Crippen MR) is 31.6 cm³/mol. The summed E-state index contributed by atoms with van der Waals surface area (Å²) < 4.78 is 14.4. The molecule has 0 spiro atoms. The van der Waals surface area contributed by atoms with Crippen LogP contribution in [0, 0.1) is 10.8 Å². The minimum atomic E-state index is -1.41. The quantitative estimate of drug-likeness (QED) is 0.445.